The van der Waals surface area contributed by atoms with E-state index in [4.69, 9.17) is 0 Å². The number of sulfone groups is 1. The van der Waals surface area contributed by atoms with Crippen LogP contribution in [0.2, 0.25) is 0 Å². The number of nitrogens with zero attached hydrogens (tertiary/aromatic N) is 2. The molecular formula is C11H20N2O2S. The largest absolute Gasteiger partial charge is 0.270 e. The van der Waals surface area contributed by atoms with Crippen LogP contribution >= 0.6 is 0 Å². The van der Waals surface area contributed by atoms with Crippen LogP contribution in [0.15, 0.2) is 6.07 Å². The van der Waals surface area contributed by atoms with E-state index in [1.807, 2.05) is 24.6 Å². The van der Waals surface area contributed by atoms with Gasteiger partial charge < -0.3 is 0 Å². The van der Waals surface area contributed by atoms with E-state index in [1.54, 1.807) is 13.8 Å². The summed E-state index contributed by atoms with van der Waals surface area (Å²) in [5.74, 6) is 0.239. The van der Waals surface area contributed by atoms with Gasteiger partial charge >= 0.3 is 0 Å². The molecule has 4 nitrogen and oxygen atoms in total. The van der Waals surface area contributed by atoms with Gasteiger partial charge in [-0.1, -0.05) is 0 Å². The quantitative estimate of drug-likeness (QED) is 0.792. The third kappa shape index (κ3) is 3.33. The molecule has 0 aliphatic carbocycles. The number of aryl methyl sites for hydroxylation is 3. The lowest BCUT2D eigenvalue weighted by Crippen LogP contribution is -2.19. The van der Waals surface area contributed by atoms with Crippen molar-refractivity contribution in [1.82, 2.24) is 9.78 Å². The lowest BCUT2D eigenvalue weighted by molar-refractivity contribution is 0.559. The maximum atomic E-state index is 11.6. The number of hydrogen-bond donors (Lipinski definition) is 0. The number of aromatic nitrogens is 2. The van der Waals surface area contributed by atoms with Crippen LogP contribution in [0.25, 0.3) is 0 Å². The van der Waals surface area contributed by atoms with Crippen LogP contribution in [0, 0.1) is 13.8 Å². The molecule has 0 aromatic carbocycles. The van der Waals surface area contributed by atoms with Crippen LogP contribution in [0.4, 0.5) is 0 Å². The molecule has 0 amide bonds. The summed E-state index contributed by atoms with van der Waals surface area (Å²) < 4.78 is 25.0. The van der Waals surface area contributed by atoms with Crippen molar-refractivity contribution in [3.05, 3.63) is 17.5 Å². The Bertz CT molecular complexity index is 447. The molecule has 1 aromatic heterocycles. The molecule has 1 heterocycles. The van der Waals surface area contributed by atoms with E-state index >= 15 is 0 Å². The first kappa shape index (κ1) is 13.2. The SMILES string of the molecule is Cc1cc(C)n(CCCS(=O)(=O)C(C)C)n1. The third-order valence-corrected chi connectivity index (χ3v) is 4.91. The van der Waals surface area contributed by atoms with Gasteiger partial charge in [0.15, 0.2) is 9.84 Å². The summed E-state index contributed by atoms with van der Waals surface area (Å²) in [6.07, 6.45) is 0.627. The molecule has 0 saturated carbocycles. The summed E-state index contributed by atoms with van der Waals surface area (Å²) in [5.41, 5.74) is 2.06. The molecule has 0 N–H and O–H groups in total. The predicted molar refractivity (Wildman–Crippen MR) is 65.2 cm³/mol. The maximum Gasteiger partial charge on any atom is 0.152 e. The van der Waals surface area contributed by atoms with Gasteiger partial charge in [0.25, 0.3) is 0 Å². The molecule has 0 atom stereocenters. The molecule has 5 heteroatoms. The second-order valence-corrected chi connectivity index (χ2v) is 7.10. The van der Waals surface area contributed by atoms with Gasteiger partial charge in [-0.25, -0.2) is 8.42 Å². The fourth-order valence-electron chi connectivity index (χ4n) is 1.55. The Labute approximate surface area is 97.6 Å². The Kier molecular flexibility index (Phi) is 4.13. The molecule has 0 bridgehead atoms. The van der Waals surface area contributed by atoms with Crippen molar-refractivity contribution in [3.63, 3.8) is 0 Å². The Morgan fingerprint density at radius 2 is 2.00 bits per heavy atom. The second kappa shape index (κ2) is 4.99. The first-order valence-electron chi connectivity index (χ1n) is 5.55. The summed E-state index contributed by atoms with van der Waals surface area (Å²) in [5, 5.41) is 4.01. The summed E-state index contributed by atoms with van der Waals surface area (Å²) in [7, 11) is -2.92. The van der Waals surface area contributed by atoms with Crippen molar-refractivity contribution in [1.29, 1.82) is 0 Å². The first-order valence-corrected chi connectivity index (χ1v) is 7.27. The van der Waals surface area contributed by atoms with E-state index in [0.29, 0.717) is 13.0 Å². The molecule has 0 saturated heterocycles. The molecule has 0 spiro atoms. The van der Waals surface area contributed by atoms with Gasteiger partial charge in [0, 0.05) is 12.2 Å². The first-order chi connectivity index (χ1) is 7.33. The molecule has 0 aliphatic heterocycles. The van der Waals surface area contributed by atoms with Crippen LogP contribution in [0.1, 0.15) is 31.7 Å². The van der Waals surface area contributed by atoms with Crippen LogP contribution < -0.4 is 0 Å². The van der Waals surface area contributed by atoms with Gasteiger partial charge in [0.2, 0.25) is 0 Å². The van der Waals surface area contributed by atoms with E-state index in [2.05, 4.69) is 5.10 Å². The minimum atomic E-state index is -2.92. The van der Waals surface area contributed by atoms with Gasteiger partial charge in [0.1, 0.15) is 0 Å². The summed E-state index contributed by atoms with van der Waals surface area (Å²) in [6, 6.07) is 2.00. The summed E-state index contributed by atoms with van der Waals surface area (Å²) in [6.45, 7) is 8.04. The molecule has 1 aromatic rings. The molecular weight excluding hydrogens is 224 g/mol. The smallest absolute Gasteiger partial charge is 0.152 e. The fourth-order valence-corrected chi connectivity index (χ4v) is 2.56. The molecule has 1 rings (SSSR count). The summed E-state index contributed by atoms with van der Waals surface area (Å²) in [4.78, 5) is 0. The maximum absolute atomic E-state index is 11.6. The van der Waals surface area contributed by atoms with Crippen LogP contribution in [-0.4, -0.2) is 29.2 Å². The Hall–Kier alpha value is -0.840. The molecule has 0 fully saturated rings. The predicted octanol–water partition coefficient (Wildman–Crippen LogP) is 1.71. The highest BCUT2D eigenvalue weighted by Gasteiger charge is 2.15. The Morgan fingerprint density at radius 3 is 2.44 bits per heavy atom. The van der Waals surface area contributed by atoms with Gasteiger partial charge in [-0.3, -0.25) is 4.68 Å². The molecule has 0 radical (unpaired) electrons. The second-order valence-electron chi connectivity index (χ2n) is 4.42. The van der Waals surface area contributed by atoms with E-state index in [0.717, 1.165) is 11.4 Å². The molecule has 0 aliphatic rings. The average Bonchev–Trinajstić information content (AvgIpc) is 2.44. The van der Waals surface area contributed by atoms with E-state index in [-0.39, 0.29) is 11.0 Å². The van der Waals surface area contributed by atoms with Crippen molar-refractivity contribution in [2.24, 2.45) is 0 Å². The highest BCUT2D eigenvalue weighted by molar-refractivity contribution is 7.91. The Balaban J connectivity index is 2.51. The minimum Gasteiger partial charge on any atom is -0.270 e. The minimum absolute atomic E-state index is 0.239. The number of hydrogen-bond acceptors (Lipinski definition) is 3. The van der Waals surface area contributed by atoms with E-state index in [1.165, 1.54) is 0 Å². The lowest BCUT2D eigenvalue weighted by atomic mass is 10.4. The van der Waals surface area contributed by atoms with Crippen molar-refractivity contribution >= 4 is 9.84 Å². The monoisotopic (exact) mass is 244 g/mol. The molecule has 0 unspecified atom stereocenters. The van der Waals surface area contributed by atoms with Gasteiger partial charge in [-0.2, -0.15) is 5.10 Å². The van der Waals surface area contributed by atoms with Crippen molar-refractivity contribution in [2.45, 2.75) is 45.9 Å². The van der Waals surface area contributed by atoms with E-state index < -0.39 is 9.84 Å². The van der Waals surface area contributed by atoms with Crippen molar-refractivity contribution in [3.8, 4) is 0 Å². The lowest BCUT2D eigenvalue weighted by Gasteiger charge is -2.08. The van der Waals surface area contributed by atoms with Crippen molar-refractivity contribution in [2.75, 3.05) is 5.75 Å². The number of rotatable bonds is 5. The third-order valence-electron chi connectivity index (χ3n) is 2.62. The van der Waals surface area contributed by atoms with Crippen molar-refractivity contribution < 1.29 is 8.42 Å². The highest BCUT2D eigenvalue weighted by Crippen LogP contribution is 2.06. The Morgan fingerprint density at radius 1 is 1.38 bits per heavy atom. The van der Waals surface area contributed by atoms with Crippen LogP contribution in [-0.2, 0) is 16.4 Å². The molecule has 92 valence electrons. The normalized spacial score (nSPS) is 12.3. The zero-order chi connectivity index (χ0) is 12.3. The van der Waals surface area contributed by atoms with Crippen LogP contribution in [0.3, 0.4) is 0 Å². The standard InChI is InChI=1S/C11H20N2O2S/c1-9(2)16(14,15)7-5-6-13-11(4)8-10(3)12-13/h8-9H,5-7H2,1-4H3. The van der Waals surface area contributed by atoms with Crippen LogP contribution in [0.5, 0.6) is 0 Å². The van der Waals surface area contributed by atoms with Gasteiger partial charge in [-0.05, 0) is 40.2 Å². The molecule has 16 heavy (non-hydrogen) atoms. The highest BCUT2D eigenvalue weighted by atomic mass is 32.2. The zero-order valence-corrected chi connectivity index (χ0v) is 11.2. The fraction of sp³-hybridized carbons (Fsp3) is 0.727. The van der Waals surface area contributed by atoms with Gasteiger partial charge in [-0.15, -0.1) is 0 Å². The van der Waals surface area contributed by atoms with E-state index in [9.17, 15) is 8.42 Å². The average molecular weight is 244 g/mol. The van der Waals surface area contributed by atoms with Gasteiger partial charge in [0.05, 0.1) is 16.7 Å². The topological polar surface area (TPSA) is 52.0 Å². The zero-order valence-electron chi connectivity index (χ0n) is 10.4. The summed E-state index contributed by atoms with van der Waals surface area (Å²) >= 11 is 0.